The number of benzene rings is 1. The maximum absolute atomic E-state index is 11.7. The van der Waals surface area contributed by atoms with Crippen molar-refractivity contribution >= 4 is 17.6 Å². The van der Waals surface area contributed by atoms with Crippen molar-refractivity contribution in [3.05, 3.63) is 29.8 Å². The van der Waals surface area contributed by atoms with Crippen molar-refractivity contribution in [1.29, 1.82) is 0 Å². The van der Waals surface area contributed by atoms with E-state index in [1.54, 1.807) is 0 Å². The third kappa shape index (κ3) is 6.33. The van der Waals surface area contributed by atoms with Crippen molar-refractivity contribution in [3.8, 4) is 0 Å². The molecular weight excluding hydrogens is 256 g/mol. The third-order valence-corrected chi connectivity index (χ3v) is 2.87. The number of carboxylic acid groups (broad SMARTS) is 1. The van der Waals surface area contributed by atoms with Crippen LogP contribution < -0.4 is 10.6 Å². The minimum absolute atomic E-state index is 0.116. The van der Waals surface area contributed by atoms with E-state index in [2.05, 4.69) is 24.5 Å². The second kappa shape index (κ2) is 8.32. The summed E-state index contributed by atoms with van der Waals surface area (Å²) in [5, 5.41) is 14.2. The second-order valence-electron chi connectivity index (χ2n) is 5.00. The van der Waals surface area contributed by atoms with Crippen LogP contribution >= 0.6 is 0 Å². The number of nitrogens with one attached hydrogen (secondary N) is 2. The van der Waals surface area contributed by atoms with Crippen molar-refractivity contribution in [2.45, 2.75) is 32.6 Å². The first-order valence-electron chi connectivity index (χ1n) is 6.81. The van der Waals surface area contributed by atoms with Gasteiger partial charge in [0.15, 0.2) is 0 Å². The lowest BCUT2D eigenvalue weighted by Crippen LogP contribution is -2.29. The largest absolute Gasteiger partial charge is 0.481 e. The van der Waals surface area contributed by atoms with Gasteiger partial charge in [-0.15, -0.1) is 0 Å². The summed E-state index contributed by atoms with van der Waals surface area (Å²) in [6, 6.07) is 7.77. The molecule has 5 nitrogen and oxygen atoms in total. The predicted octanol–water partition coefficient (Wildman–Crippen LogP) is 2.20. The third-order valence-electron chi connectivity index (χ3n) is 2.87. The molecule has 1 aromatic rings. The summed E-state index contributed by atoms with van der Waals surface area (Å²) in [5.41, 5.74) is 1.96. The van der Waals surface area contributed by atoms with Crippen LogP contribution in [0.25, 0.3) is 0 Å². The molecule has 0 aliphatic heterocycles. The molecule has 0 unspecified atom stereocenters. The zero-order chi connectivity index (χ0) is 15.0. The number of hydrogen-bond donors (Lipinski definition) is 3. The van der Waals surface area contributed by atoms with Gasteiger partial charge in [-0.25, -0.2) is 0 Å². The minimum Gasteiger partial charge on any atom is -0.481 e. The fraction of sp³-hybridized carbons (Fsp3) is 0.467. The molecule has 0 fully saturated rings. The normalized spacial score (nSPS) is 10.6. The molecule has 110 valence electrons. The SMILES string of the molecule is CC(C)c1cccc(NC(=O)CNCCCC(=O)O)c1. The average Bonchev–Trinajstić information content (AvgIpc) is 2.38. The lowest BCUT2D eigenvalue weighted by Gasteiger charge is -2.10. The Morgan fingerprint density at radius 1 is 1.30 bits per heavy atom. The molecule has 0 saturated heterocycles. The molecule has 0 saturated carbocycles. The molecule has 3 N–H and O–H groups in total. The van der Waals surface area contributed by atoms with Gasteiger partial charge in [-0.2, -0.15) is 0 Å². The van der Waals surface area contributed by atoms with E-state index in [1.165, 1.54) is 5.56 Å². The first kappa shape index (κ1) is 16.2. The number of amides is 1. The number of rotatable bonds is 8. The molecule has 0 atom stereocenters. The van der Waals surface area contributed by atoms with Gasteiger partial charge in [-0.05, 0) is 36.6 Å². The quantitative estimate of drug-likeness (QED) is 0.637. The molecule has 0 radical (unpaired) electrons. The molecule has 1 amide bonds. The Balaban J connectivity index is 2.31. The highest BCUT2D eigenvalue weighted by molar-refractivity contribution is 5.92. The molecule has 20 heavy (non-hydrogen) atoms. The van der Waals surface area contributed by atoms with Crippen LogP contribution in [-0.2, 0) is 9.59 Å². The standard InChI is InChI=1S/C15H22N2O3/c1-11(2)12-5-3-6-13(9-12)17-14(18)10-16-8-4-7-15(19)20/h3,5-6,9,11,16H,4,7-8,10H2,1-2H3,(H,17,18)(H,19,20). The average molecular weight is 278 g/mol. The molecule has 0 heterocycles. The zero-order valence-corrected chi connectivity index (χ0v) is 12.0. The number of carboxylic acids is 1. The fourth-order valence-corrected chi connectivity index (χ4v) is 1.75. The summed E-state index contributed by atoms with van der Waals surface area (Å²) in [4.78, 5) is 22.0. The highest BCUT2D eigenvalue weighted by atomic mass is 16.4. The van der Waals surface area contributed by atoms with Crippen molar-refractivity contribution in [2.24, 2.45) is 0 Å². The van der Waals surface area contributed by atoms with Crippen LogP contribution in [0.2, 0.25) is 0 Å². The summed E-state index contributed by atoms with van der Waals surface area (Å²) in [5.74, 6) is -0.524. The molecule has 0 aromatic heterocycles. The number of aliphatic carboxylic acids is 1. The van der Waals surface area contributed by atoms with E-state index in [4.69, 9.17) is 5.11 Å². The zero-order valence-electron chi connectivity index (χ0n) is 12.0. The van der Waals surface area contributed by atoms with E-state index in [0.717, 1.165) is 5.69 Å². The summed E-state index contributed by atoms with van der Waals surface area (Å²) in [6.07, 6.45) is 0.635. The fourth-order valence-electron chi connectivity index (χ4n) is 1.75. The monoisotopic (exact) mass is 278 g/mol. The number of hydrogen-bond acceptors (Lipinski definition) is 3. The highest BCUT2D eigenvalue weighted by Gasteiger charge is 2.04. The van der Waals surface area contributed by atoms with Gasteiger partial charge in [0, 0.05) is 12.1 Å². The minimum atomic E-state index is -0.818. The first-order valence-corrected chi connectivity index (χ1v) is 6.81. The smallest absolute Gasteiger partial charge is 0.303 e. The highest BCUT2D eigenvalue weighted by Crippen LogP contribution is 2.18. The second-order valence-corrected chi connectivity index (χ2v) is 5.00. The van der Waals surface area contributed by atoms with Gasteiger partial charge in [0.2, 0.25) is 5.91 Å². The molecule has 1 aromatic carbocycles. The lowest BCUT2D eigenvalue weighted by atomic mass is 10.0. The van der Waals surface area contributed by atoms with Crippen LogP contribution in [0.3, 0.4) is 0 Å². The van der Waals surface area contributed by atoms with Crippen LogP contribution in [0.4, 0.5) is 5.69 Å². The lowest BCUT2D eigenvalue weighted by molar-refractivity contribution is -0.137. The Bertz CT molecular complexity index is 458. The van der Waals surface area contributed by atoms with Gasteiger partial charge < -0.3 is 15.7 Å². The summed E-state index contributed by atoms with van der Waals surface area (Å²) in [6.45, 7) is 4.91. The molecule has 5 heteroatoms. The van der Waals surface area contributed by atoms with Gasteiger partial charge in [-0.3, -0.25) is 9.59 Å². The van der Waals surface area contributed by atoms with E-state index < -0.39 is 5.97 Å². The molecule has 0 aliphatic carbocycles. The van der Waals surface area contributed by atoms with E-state index in [9.17, 15) is 9.59 Å². The van der Waals surface area contributed by atoms with Crippen LogP contribution in [0, 0.1) is 0 Å². The summed E-state index contributed by atoms with van der Waals surface area (Å²) >= 11 is 0. The number of anilines is 1. The molecular formula is C15H22N2O3. The van der Waals surface area contributed by atoms with E-state index in [-0.39, 0.29) is 18.9 Å². The van der Waals surface area contributed by atoms with E-state index in [0.29, 0.717) is 18.9 Å². The van der Waals surface area contributed by atoms with E-state index >= 15 is 0 Å². The molecule has 0 bridgehead atoms. The predicted molar refractivity (Wildman–Crippen MR) is 78.9 cm³/mol. The topological polar surface area (TPSA) is 78.4 Å². The Labute approximate surface area is 119 Å². The first-order chi connectivity index (χ1) is 9.49. The van der Waals surface area contributed by atoms with Crippen LogP contribution in [-0.4, -0.2) is 30.1 Å². The van der Waals surface area contributed by atoms with Crippen LogP contribution in [0.5, 0.6) is 0 Å². The van der Waals surface area contributed by atoms with Gasteiger partial charge >= 0.3 is 5.97 Å². The van der Waals surface area contributed by atoms with Gasteiger partial charge in [-0.1, -0.05) is 26.0 Å². The Morgan fingerprint density at radius 3 is 2.70 bits per heavy atom. The van der Waals surface area contributed by atoms with Crippen molar-refractivity contribution in [1.82, 2.24) is 5.32 Å². The number of carbonyl (C=O) groups is 2. The van der Waals surface area contributed by atoms with Crippen molar-refractivity contribution in [3.63, 3.8) is 0 Å². The van der Waals surface area contributed by atoms with Crippen molar-refractivity contribution in [2.75, 3.05) is 18.4 Å². The molecule has 0 spiro atoms. The van der Waals surface area contributed by atoms with Crippen LogP contribution in [0.1, 0.15) is 38.2 Å². The van der Waals surface area contributed by atoms with E-state index in [1.807, 2.05) is 24.3 Å². The van der Waals surface area contributed by atoms with Gasteiger partial charge in [0.05, 0.1) is 6.54 Å². The maximum atomic E-state index is 11.7. The Morgan fingerprint density at radius 2 is 2.05 bits per heavy atom. The Hall–Kier alpha value is -1.88. The van der Waals surface area contributed by atoms with Gasteiger partial charge in [0.1, 0.15) is 0 Å². The van der Waals surface area contributed by atoms with Crippen molar-refractivity contribution < 1.29 is 14.7 Å². The number of carbonyl (C=O) groups excluding carboxylic acids is 1. The van der Waals surface area contributed by atoms with Gasteiger partial charge in [0.25, 0.3) is 0 Å². The molecule has 1 rings (SSSR count). The van der Waals surface area contributed by atoms with Crippen LogP contribution in [0.15, 0.2) is 24.3 Å². The Kier molecular flexibility index (Phi) is 6.73. The summed E-state index contributed by atoms with van der Waals surface area (Å²) < 4.78 is 0. The molecule has 0 aliphatic rings. The maximum Gasteiger partial charge on any atom is 0.303 e. The summed E-state index contributed by atoms with van der Waals surface area (Å²) in [7, 11) is 0.